The largest absolute Gasteiger partial charge is 0.326 e. The van der Waals surface area contributed by atoms with Crippen LogP contribution in [-0.4, -0.2) is 46.3 Å². The molecule has 1 aromatic heterocycles. The number of nitrogens with one attached hydrogen (secondary N) is 2. The zero-order chi connectivity index (χ0) is 21.8. The van der Waals surface area contributed by atoms with Crippen LogP contribution in [0.15, 0.2) is 18.2 Å². The van der Waals surface area contributed by atoms with E-state index in [0.29, 0.717) is 23.8 Å². The number of amides is 2. The average Bonchev–Trinajstić information content (AvgIpc) is 3.00. The van der Waals surface area contributed by atoms with Crippen molar-refractivity contribution < 1.29 is 14.5 Å². The van der Waals surface area contributed by atoms with E-state index in [0.717, 1.165) is 23.5 Å². The first-order chi connectivity index (χ1) is 14.2. The molecule has 0 aliphatic carbocycles. The van der Waals surface area contributed by atoms with Crippen LogP contribution in [0.2, 0.25) is 5.02 Å². The Hall–Kier alpha value is -2.56. The van der Waals surface area contributed by atoms with Gasteiger partial charge in [0.25, 0.3) is 5.69 Å². The number of halogens is 1. The van der Waals surface area contributed by atoms with Crippen LogP contribution in [0.3, 0.4) is 0 Å². The number of thiazole rings is 1. The SMILES string of the molecule is Cc1nc(NC(=O)CN2CCCC(C(=O)Nc3ccc(Cl)c([N+](=O)[O-])c3)C2)sc1C. The third-order valence-electron chi connectivity index (χ3n) is 4.93. The number of piperidine rings is 1. The van der Waals surface area contributed by atoms with E-state index in [-0.39, 0.29) is 35.0 Å². The second-order valence-corrected chi connectivity index (χ2v) is 8.81. The van der Waals surface area contributed by atoms with E-state index in [4.69, 9.17) is 11.6 Å². The van der Waals surface area contributed by atoms with E-state index < -0.39 is 4.92 Å². The van der Waals surface area contributed by atoms with E-state index >= 15 is 0 Å². The summed E-state index contributed by atoms with van der Waals surface area (Å²) in [5.41, 5.74) is 0.956. The van der Waals surface area contributed by atoms with E-state index in [2.05, 4.69) is 15.6 Å². The topological polar surface area (TPSA) is 117 Å². The summed E-state index contributed by atoms with van der Waals surface area (Å²) in [6, 6.07) is 4.15. The molecule has 0 bridgehead atoms. The van der Waals surface area contributed by atoms with Gasteiger partial charge in [-0.15, -0.1) is 11.3 Å². The second kappa shape index (κ2) is 9.50. The number of hydrogen-bond acceptors (Lipinski definition) is 7. The molecule has 2 aromatic rings. The van der Waals surface area contributed by atoms with Crippen LogP contribution in [0.4, 0.5) is 16.5 Å². The Morgan fingerprint density at radius 2 is 2.13 bits per heavy atom. The monoisotopic (exact) mass is 451 g/mol. The van der Waals surface area contributed by atoms with Crippen molar-refractivity contribution in [2.45, 2.75) is 26.7 Å². The van der Waals surface area contributed by atoms with Gasteiger partial charge in [-0.1, -0.05) is 11.6 Å². The maximum Gasteiger partial charge on any atom is 0.289 e. The van der Waals surface area contributed by atoms with Crippen molar-refractivity contribution in [3.63, 3.8) is 0 Å². The molecule has 1 aliphatic heterocycles. The fraction of sp³-hybridized carbons (Fsp3) is 0.421. The number of anilines is 2. The van der Waals surface area contributed by atoms with Gasteiger partial charge in [-0.05, 0) is 45.4 Å². The molecule has 1 fully saturated rings. The fourth-order valence-electron chi connectivity index (χ4n) is 3.28. The smallest absolute Gasteiger partial charge is 0.289 e. The Morgan fingerprint density at radius 3 is 2.80 bits per heavy atom. The molecule has 11 heteroatoms. The minimum Gasteiger partial charge on any atom is -0.326 e. The van der Waals surface area contributed by atoms with Crippen molar-refractivity contribution in [1.29, 1.82) is 0 Å². The van der Waals surface area contributed by atoms with E-state index in [1.165, 1.54) is 29.5 Å². The highest BCUT2D eigenvalue weighted by Gasteiger charge is 2.27. The van der Waals surface area contributed by atoms with Gasteiger partial charge in [0.15, 0.2) is 5.13 Å². The average molecular weight is 452 g/mol. The molecule has 1 unspecified atom stereocenters. The van der Waals surface area contributed by atoms with Crippen LogP contribution in [0.25, 0.3) is 0 Å². The lowest BCUT2D eigenvalue weighted by Gasteiger charge is -2.31. The first-order valence-corrected chi connectivity index (χ1v) is 10.6. The van der Waals surface area contributed by atoms with Crippen molar-refractivity contribution in [3.8, 4) is 0 Å². The van der Waals surface area contributed by atoms with Gasteiger partial charge in [-0.25, -0.2) is 4.98 Å². The molecule has 2 N–H and O–H groups in total. The molecule has 2 amide bonds. The standard InChI is InChI=1S/C19H22ClN5O4S/c1-11-12(2)30-19(21-11)23-17(26)10-24-7-3-4-13(9-24)18(27)22-14-5-6-15(20)16(8-14)25(28)29/h5-6,8,13H,3-4,7,9-10H2,1-2H3,(H,22,27)(H,21,23,26). The Balaban J connectivity index is 1.56. The van der Waals surface area contributed by atoms with Crippen molar-refractivity contribution in [1.82, 2.24) is 9.88 Å². The lowest BCUT2D eigenvalue weighted by atomic mass is 9.97. The minimum absolute atomic E-state index is 0.0125. The van der Waals surface area contributed by atoms with Crippen LogP contribution in [-0.2, 0) is 9.59 Å². The molecule has 1 aromatic carbocycles. The van der Waals surface area contributed by atoms with Gasteiger partial charge in [-0.3, -0.25) is 24.6 Å². The summed E-state index contributed by atoms with van der Waals surface area (Å²) in [5, 5.41) is 17.1. The molecule has 3 rings (SSSR count). The molecule has 9 nitrogen and oxygen atoms in total. The van der Waals surface area contributed by atoms with E-state index in [1.807, 2.05) is 18.7 Å². The summed E-state index contributed by atoms with van der Waals surface area (Å²) < 4.78 is 0. The number of carbonyl (C=O) groups is 2. The van der Waals surface area contributed by atoms with Crippen LogP contribution in [0.1, 0.15) is 23.4 Å². The van der Waals surface area contributed by atoms with Gasteiger partial charge in [0.1, 0.15) is 5.02 Å². The van der Waals surface area contributed by atoms with Crippen molar-refractivity contribution in [2.24, 2.45) is 5.92 Å². The Bertz CT molecular complexity index is 960. The summed E-state index contributed by atoms with van der Waals surface area (Å²) in [4.78, 5) is 42.7. The molecule has 2 heterocycles. The summed E-state index contributed by atoms with van der Waals surface area (Å²) in [5.74, 6) is -0.716. The van der Waals surface area contributed by atoms with Gasteiger partial charge >= 0.3 is 0 Å². The number of benzene rings is 1. The molecular weight excluding hydrogens is 430 g/mol. The Kier molecular flexibility index (Phi) is 7.01. The predicted molar refractivity (Wildman–Crippen MR) is 116 cm³/mol. The second-order valence-electron chi connectivity index (χ2n) is 7.20. The summed E-state index contributed by atoms with van der Waals surface area (Å²) >= 11 is 7.24. The summed E-state index contributed by atoms with van der Waals surface area (Å²) in [6.45, 7) is 5.18. The number of nitro benzene ring substituents is 1. The summed E-state index contributed by atoms with van der Waals surface area (Å²) in [6.07, 6.45) is 1.46. The first-order valence-electron chi connectivity index (χ1n) is 9.44. The molecule has 1 aliphatic rings. The number of aryl methyl sites for hydroxylation is 2. The van der Waals surface area contributed by atoms with Crippen molar-refractivity contribution in [2.75, 3.05) is 30.3 Å². The number of likely N-dealkylation sites (tertiary alicyclic amines) is 1. The van der Waals surface area contributed by atoms with Gasteiger partial charge in [0, 0.05) is 23.2 Å². The number of hydrogen-bond donors (Lipinski definition) is 2. The van der Waals surface area contributed by atoms with Gasteiger partial charge < -0.3 is 10.6 Å². The number of aromatic nitrogens is 1. The molecule has 1 atom stereocenters. The highest BCUT2D eigenvalue weighted by molar-refractivity contribution is 7.15. The molecule has 0 spiro atoms. The normalized spacial score (nSPS) is 16.8. The Morgan fingerprint density at radius 1 is 1.37 bits per heavy atom. The maximum atomic E-state index is 12.6. The molecule has 1 saturated heterocycles. The molecule has 0 radical (unpaired) electrons. The quantitative estimate of drug-likeness (QED) is 0.511. The first kappa shape index (κ1) is 22.1. The van der Waals surface area contributed by atoms with Crippen molar-refractivity contribution in [3.05, 3.63) is 43.9 Å². The van der Waals surface area contributed by atoms with E-state index in [1.54, 1.807) is 0 Å². The third-order valence-corrected chi connectivity index (χ3v) is 6.24. The van der Waals surface area contributed by atoms with Gasteiger partial charge in [0.2, 0.25) is 11.8 Å². The zero-order valence-electron chi connectivity index (χ0n) is 16.6. The van der Waals surface area contributed by atoms with Crippen LogP contribution < -0.4 is 10.6 Å². The van der Waals surface area contributed by atoms with Gasteiger partial charge in [0.05, 0.1) is 23.1 Å². The third kappa shape index (κ3) is 5.53. The molecule has 0 saturated carbocycles. The highest BCUT2D eigenvalue weighted by atomic mass is 35.5. The lowest BCUT2D eigenvalue weighted by molar-refractivity contribution is -0.384. The lowest BCUT2D eigenvalue weighted by Crippen LogP contribution is -2.44. The molecule has 30 heavy (non-hydrogen) atoms. The number of carbonyl (C=O) groups excluding carboxylic acids is 2. The van der Waals surface area contributed by atoms with Crippen LogP contribution >= 0.6 is 22.9 Å². The maximum absolute atomic E-state index is 12.6. The number of rotatable bonds is 6. The van der Waals surface area contributed by atoms with Crippen LogP contribution in [0.5, 0.6) is 0 Å². The zero-order valence-corrected chi connectivity index (χ0v) is 18.2. The van der Waals surface area contributed by atoms with Crippen LogP contribution in [0, 0.1) is 29.9 Å². The Labute approximate surface area is 182 Å². The number of nitrogens with zero attached hydrogens (tertiary/aromatic N) is 3. The minimum atomic E-state index is -0.593. The molecular formula is C19H22ClN5O4S. The predicted octanol–water partition coefficient (Wildman–Crippen LogP) is 3.61. The fourth-order valence-corrected chi connectivity index (χ4v) is 4.29. The molecule has 160 valence electrons. The summed E-state index contributed by atoms with van der Waals surface area (Å²) in [7, 11) is 0. The number of nitro groups is 1. The van der Waals surface area contributed by atoms with Gasteiger partial charge in [-0.2, -0.15) is 0 Å². The highest BCUT2D eigenvalue weighted by Crippen LogP contribution is 2.28. The van der Waals surface area contributed by atoms with E-state index in [9.17, 15) is 19.7 Å². The van der Waals surface area contributed by atoms with Crippen molar-refractivity contribution >= 4 is 51.3 Å².